The number of hydrogen-bond donors (Lipinski definition) is 0. The largest absolute Gasteiger partial charge is 0.335 e. The Morgan fingerprint density at radius 1 is 0.960 bits per heavy atom. The maximum Gasteiger partial charge on any atom is 0.247 e. The predicted molar refractivity (Wildman–Crippen MR) is 107 cm³/mol. The van der Waals surface area contributed by atoms with Gasteiger partial charge in [0, 0.05) is 18.0 Å². The first-order valence-electron chi connectivity index (χ1n) is 8.29. The number of amides is 1. The van der Waals surface area contributed by atoms with Gasteiger partial charge in [0.15, 0.2) is 0 Å². The topological polar surface area (TPSA) is 20.3 Å². The number of benzene rings is 3. The monoisotopic (exact) mass is 347 g/mol. The van der Waals surface area contributed by atoms with E-state index < -0.39 is 0 Å². The first-order valence-corrected chi connectivity index (χ1v) is 9.17. The van der Waals surface area contributed by atoms with Crippen molar-refractivity contribution in [2.45, 2.75) is 17.9 Å². The van der Waals surface area contributed by atoms with Crippen LogP contribution in [0, 0.1) is 0 Å². The zero-order chi connectivity index (χ0) is 17.6. The molecular formula is C22H21NOS. The van der Waals surface area contributed by atoms with Gasteiger partial charge in [-0.1, -0.05) is 72.4 Å². The van der Waals surface area contributed by atoms with E-state index in [0.717, 1.165) is 10.5 Å². The standard InChI is InChI=1S/C22H21NOS/c1-17(20-14-8-10-18-9-6-7-13-21(18)20)23(2)22(24)15-16-25-19-11-4-3-5-12-19/h3-17H,1-2H3/b16-15+. The molecule has 0 saturated heterocycles. The van der Waals surface area contributed by atoms with Gasteiger partial charge in [0.1, 0.15) is 0 Å². The second kappa shape index (κ2) is 8.04. The van der Waals surface area contributed by atoms with E-state index in [0.29, 0.717) is 0 Å². The first kappa shape index (κ1) is 17.3. The van der Waals surface area contributed by atoms with Crippen molar-refractivity contribution in [1.29, 1.82) is 0 Å². The number of carbonyl (C=O) groups excluding carboxylic acids is 1. The van der Waals surface area contributed by atoms with Crippen LogP contribution in [0.1, 0.15) is 18.5 Å². The molecule has 1 unspecified atom stereocenters. The molecule has 0 aliphatic rings. The molecular weight excluding hydrogens is 326 g/mol. The molecule has 0 N–H and O–H groups in total. The summed E-state index contributed by atoms with van der Waals surface area (Å²) in [6.45, 7) is 2.07. The summed E-state index contributed by atoms with van der Waals surface area (Å²) in [5.74, 6) is 0.00358. The fourth-order valence-corrected chi connectivity index (χ4v) is 3.46. The lowest BCUT2D eigenvalue weighted by Crippen LogP contribution is -2.28. The lowest BCUT2D eigenvalue weighted by Gasteiger charge is -2.25. The highest BCUT2D eigenvalue weighted by Crippen LogP contribution is 2.27. The Balaban J connectivity index is 1.73. The molecule has 0 spiro atoms. The number of fused-ring (bicyclic) bond motifs is 1. The van der Waals surface area contributed by atoms with Crippen LogP contribution in [0.5, 0.6) is 0 Å². The molecule has 25 heavy (non-hydrogen) atoms. The van der Waals surface area contributed by atoms with E-state index >= 15 is 0 Å². The average Bonchev–Trinajstić information content (AvgIpc) is 2.67. The number of nitrogens with zero attached hydrogens (tertiary/aromatic N) is 1. The van der Waals surface area contributed by atoms with Crippen LogP contribution in [-0.4, -0.2) is 17.9 Å². The van der Waals surface area contributed by atoms with Gasteiger partial charge >= 0.3 is 0 Å². The molecule has 0 aliphatic carbocycles. The smallest absolute Gasteiger partial charge is 0.247 e. The maximum atomic E-state index is 12.5. The van der Waals surface area contributed by atoms with E-state index in [4.69, 9.17) is 0 Å². The highest BCUT2D eigenvalue weighted by atomic mass is 32.2. The van der Waals surface area contributed by atoms with E-state index in [1.54, 1.807) is 22.7 Å². The summed E-state index contributed by atoms with van der Waals surface area (Å²) in [5, 5.41) is 4.24. The van der Waals surface area contributed by atoms with Crippen molar-refractivity contribution in [3.63, 3.8) is 0 Å². The SMILES string of the molecule is CC(c1cccc2ccccc12)N(C)C(=O)/C=C/Sc1ccccc1. The van der Waals surface area contributed by atoms with Crippen LogP contribution >= 0.6 is 11.8 Å². The lowest BCUT2D eigenvalue weighted by atomic mass is 9.99. The Morgan fingerprint density at radius 3 is 2.44 bits per heavy atom. The number of hydrogen-bond acceptors (Lipinski definition) is 2. The van der Waals surface area contributed by atoms with E-state index in [1.165, 1.54) is 10.8 Å². The third kappa shape index (κ3) is 4.12. The molecule has 2 nitrogen and oxygen atoms in total. The van der Waals surface area contributed by atoms with Gasteiger partial charge in [-0.15, -0.1) is 0 Å². The molecule has 3 aromatic carbocycles. The average molecular weight is 347 g/mol. The summed E-state index contributed by atoms with van der Waals surface area (Å²) in [7, 11) is 1.85. The van der Waals surface area contributed by atoms with Crippen molar-refractivity contribution in [2.75, 3.05) is 7.05 Å². The zero-order valence-corrected chi connectivity index (χ0v) is 15.2. The van der Waals surface area contributed by atoms with Gasteiger partial charge in [-0.05, 0) is 40.8 Å². The zero-order valence-electron chi connectivity index (χ0n) is 14.4. The normalized spacial score (nSPS) is 12.4. The van der Waals surface area contributed by atoms with Crippen LogP contribution in [0.4, 0.5) is 0 Å². The van der Waals surface area contributed by atoms with Crippen molar-refractivity contribution in [1.82, 2.24) is 4.90 Å². The lowest BCUT2D eigenvalue weighted by molar-refractivity contribution is -0.126. The highest BCUT2D eigenvalue weighted by Gasteiger charge is 2.17. The molecule has 1 atom stereocenters. The van der Waals surface area contributed by atoms with Crippen molar-refractivity contribution in [3.05, 3.63) is 89.8 Å². The summed E-state index contributed by atoms with van der Waals surface area (Å²) in [6, 6.07) is 24.6. The number of thioether (sulfide) groups is 1. The predicted octanol–water partition coefficient (Wildman–Crippen LogP) is 5.67. The number of likely N-dealkylation sites (N-methyl/N-ethyl adjacent to an activating group) is 1. The summed E-state index contributed by atoms with van der Waals surface area (Å²) in [4.78, 5) is 15.4. The molecule has 3 rings (SSSR count). The minimum Gasteiger partial charge on any atom is -0.335 e. The summed E-state index contributed by atoms with van der Waals surface area (Å²) in [6.07, 6.45) is 1.64. The maximum absolute atomic E-state index is 12.5. The Kier molecular flexibility index (Phi) is 5.56. The quantitative estimate of drug-likeness (QED) is 0.438. The van der Waals surface area contributed by atoms with Crippen LogP contribution in [0.25, 0.3) is 10.8 Å². The number of carbonyl (C=O) groups is 1. The fraction of sp³-hybridized carbons (Fsp3) is 0.136. The summed E-state index contributed by atoms with van der Waals surface area (Å²) >= 11 is 1.55. The van der Waals surface area contributed by atoms with Gasteiger partial charge in [0.2, 0.25) is 5.91 Å². The van der Waals surface area contributed by atoms with E-state index in [9.17, 15) is 4.79 Å². The minimum atomic E-state index is 0.00358. The molecule has 0 heterocycles. The second-order valence-corrected chi connectivity index (χ2v) is 6.91. The van der Waals surface area contributed by atoms with E-state index in [1.807, 2.05) is 61.0 Å². The van der Waals surface area contributed by atoms with Crippen molar-refractivity contribution < 1.29 is 4.79 Å². The third-order valence-electron chi connectivity index (χ3n) is 4.36. The van der Waals surface area contributed by atoms with Crippen LogP contribution in [0.15, 0.2) is 89.2 Å². The summed E-state index contributed by atoms with van der Waals surface area (Å²) < 4.78 is 0. The van der Waals surface area contributed by atoms with E-state index in [2.05, 4.69) is 31.2 Å². The molecule has 3 heteroatoms. The van der Waals surface area contributed by atoms with Crippen LogP contribution in [0.2, 0.25) is 0 Å². The van der Waals surface area contributed by atoms with E-state index in [-0.39, 0.29) is 11.9 Å². The van der Waals surface area contributed by atoms with Crippen LogP contribution in [-0.2, 0) is 4.79 Å². The molecule has 0 aliphatic heterocycles. The van der Waals surface area contributed by atoms with Gasteiger partial charge in [-0.3, -0.25) is 4.79 Å². The van der Waals surface area contributed by atoms with Gasteiger partial charge in [0.25, 0.3) is 0 Å². The summed E-state index contributed by atoms with van der Waals surface area (Å²) in [5.41, 5.74) is 1.16. The Morgan fingerprint density at radius 2 is 1.64 bits per heavy atom. The highest BCUT2D eigenvalue weighted by molar-refractivity contribution is 8.02. The van der Waals surface area contributed by atoms with Gasteiger partial charge in [-0.2, -0.15) is 0 Å². The van der Waals surface area contributed by atoms with Crippen molar-refractivity contribution in [2.24, 2.45) is 0 Å². The third-order valence-corrected chi connectivity index (χ3v) is 5.18. The van der Waals surface area contributed by atoms with Gasteiger partial charge in [0.05, 0.1) is 6.04 Å². The fourth-order valence-electron chi connectivity index (χ4n) is 2.80. The number of rotatable bonds is 5. The molecule has 0 aromatic heterocycles. The van der Waals surface area contributed by atoms with Crippen molar-refractivity contribution in [3.8, 4) is 0 Å². The molecule has 0 saturated carbocycles. The van der Waals surface area contributed by atoms with Crippen molar-refractivity contribution >= 4 is 28.4 Å². The molecule has 0 bridgehead atoms. The molecule has 0 radical (unpaired) electrons. The van der Waals surface area contributed by atoms with Gasteiger partial charge < -0.3 is 4.90 Å². The molecule has 0 fully saturated rings. The van der Waals surface area contributed by atoms with Crippen LogP contribution < -0.4 is 0 Å². The molecule has 3 aromatic rings. The molecule has 126 valence electrons. The van der Waals surface area contributed by atoms with Gasteiger partial charge in [-0.25, -0.2) is 0 Å². The van der Waals surface area contributed by atoms with Crippen LogP contribution in [0.3, 0.4) is 0 Å². The minimum absolute atomic E-state index is 0.00358. The second-order valence-electron chi connectivity index (χ2n) is 5.93. The Bertz CT molecular complexity index is 883. The Hall–Kier alpha value is -2.52. The molecule has 1 amide bonds. The first-order chi connectivity index (χ1) is 12.2. The Labute approximate surface area is 153 Å².